The first-order valence-corrected chi connectivity index (χ1v) is 3.89. The summed E-state index contributed by atoms with van der Waals surface area (Å²) in [6, 6.07) is 10.1. The molecule has 0 amide bonds. The van der Waals surface area contributed by atoms with Gasteiger partial charge in [-0.05, 0) is 11.1 Å². The minimum atomic E-state index is 0. The first-order valence-electron chi connectivity index (χ1n) is 3.89. The van der Waals surface area contributed by atoms with Crippen molar-refractivity contribution in [3.8, 4) is 0 Å². The molecule has 0 fully saturated rings. The summed E-state index contributed by atoms with van der Waals surface area (Å²) in [4.78, 5) is 0. The molecular formula is C16H28. The molecule has 0 radical (unpaired) electrons. The highest BCUT2D eigenvalue weighted by atomic mass is 14.0. The van der Waals surface area contributed by atoms with Crippen LogP contribution in [0.3, 0.4) is 0 Å². The van der Waals surface area contributed by atoms with Crippen LogP contribution in [0.1, 0.15) is 35.3 Å². The maximum absolute atomic E-state index is 3.74. The van der Waals surface area contributed by atoms with Gasteiger partial charge in [0, 0.05) is 0 Å². The zero-order valence-electron chi connectivity index (χ0n) is 7.03. The van der Waals surface area contributed by atoms with Crippen LogP contribution in [-0.4, -0.2) is 0 Å². The Labute approximate surface area is 103 Å². The Balaban J connectivity index is -0.000000180. The second kappa shape index (κ2) is 13.4. The predicted octanol–water partition coefficient (Wildman–Crippen LogP) is 5.99. The number of hydrogen-bond acceptors (Lipinski definition) is 0. The smallest absolute Gasteiger partial charge is 0.0184 e. The largest absolute Gasteiger partial charge is 0.0990 e. The fraction of sp³-hybridized carbons (Fsp3) is 0.250. The summed E-state index contributed by atoms with van der Waals surface area (Å²) in [5.41, 5.74) is 2.28. The molecule has 0 heteroatoms. The first-order chi connectivity index (χ1) is 5.88. The van der Waals surface area contributed by atoms with E-state index in [0.717, 1.165) is 5.57 Å². The molecule has 0 aliphatic rings. The lowest BCUT2D eigenvalue weighted by Gasteiger charge is -1.99. The molecule has 1 aromatic rings. The van der Waals surface area contributed by atoms with Gasteiger partial charge in [-0.15, -0.1) is 0 Å². The Bertz CT molecular complexity index is 291. The van der Waals surface area contributed by atoms with Gasteiger partial charge in [-0.2, -0.15) is 0 Å². The number of rotatable bonds is 3. The van der Waals surface area contributed by atoms with Gasteiger partial charge in [0.25, 0.3) is 0 Å². The molecule has 0 atom stereocenters. The van der Waals surface area contributed by atoms with Crippen LogP contribution in [0.15, 0.2) is 61.7 Å². The molecule has 0 bridgehead atoms. The van der Waals surface area contributed by atoms with Crippen molar-refractivity contribution in [3.63, 3.8) is 0 Å². The van der Waals surface area contributed by atoms with Gasteiger partial charge in [-0.25, -0.2) is 0 Å². The number of benzene rings is 1. The van der Waals surface area contributed by atoms with Crippen molar-refractivity contribution >= 4 is 5.57 Å². The Morgan fingerprint density at radius 3 is 1.75 bits per heavy atom. The summed E-state index contributed by atoms with van der Waals surface area (Å²) < 4.78 is 0. The van der Waals surface area contributed by atoms with Crippen molar-refractivity contribution in [1.82, 2.24) is 0 Å². The van der Waals surface area contributed by atoms with Gasteiger partial charge in [-0.3, -0.25) is 0 Å². The van der Waals surface area contributed by atoms with Crippen LogP contribution in [0.4, 0.5) is 0 Å². The minimum Gasteiger partial charge on any atom is -0.0990 e. The molecule has 0 aromatic heterocycles. The average Bonchev–Trinajstić information content (AvgIpc) is 2.15. The monoisotopic (exact) mass is 220 g/mol. The molecule has 0 aliphatic carbocycles. The van der Waals surface area contributed by atoms with Crippen molar-refractivity contribution in [2.24, 2.45) is 0 Å². The van der Waals surface area contributed by atoms with Gasteiger partial charge < -0.3 is 0 Å². The molecule has 0 heterocycles. The molecular weight excluding hydrogens is 192 g/mol. The van der Waals surface area contributed by atoms with E-state index in [0.29, 0.717) is 0 Å². The van der Waals surface area contributed by atoms with Gasteiger partial charge in [0.15, 0.2) is 0 Å². The van der Waals surface area contributed by atoms with Crippen LogP contribution in [0.5, 0.6) is 0 Å². The molecule has 0 aliphatic heterocycles. The molecule has 0 saturated heterocycles. The van der Waals surface area contributed by atoms with Gasteiger partial charge >= 0.3 is 0 Å². The third-order valence-corrected chi connectivity index (χ3v) is 1.62. The van der Waals surface area contributed by atoms with Crippen molar-refractivity contribution in [2.45, 2.75) is 29.7 Å². The van der Waals surface area contributed by atoms with E-state index in [2.05, 4.69) is 25.3 Å². The summed E-state index contributed by atoms with van der Waals surface area (Å²) in [6.45, 7) is 7.39. The zero-order valence-corrected chi connectivity index (χ0v) is 7.03. The van der Waals surface area contributed by atoms with Crippen LogP contribution in [0, 0.1) is 0 Å². The standard InChI is InChI=1S/C12H12.4CH4/c1-3-8-11(4-2)12-9-6-5-7-10-12;;;;/h3-10H,1-2H2;4*1H4/b11-8+;;;;. The lowest BCUT2D eigenvalue weighted by Crippen LogP contribution is -1.77. The third-order valence-electron chi connectivity index (χ3n) is 1.62. The first kappa shape index (κ1) is 23.9. The molecule has 1 rings (SSSR count). The normalized spacial score (nSPS) is 8.12. The van der Waals surface area contributed by atoms with E-state index in [1.54, 1.807) is 6.08 Å². The minimum absolute atomic E-state index is 0. The van der Waals surface area contributed by atoms with E-state index in [-0.39, 0.29) is 29.7 Å². The number of hydrogen-bond donors (Lipinski definition) is 0. The van der Waals surface area contributed by atoms with E-state index in [9.17, 15) is 0 Å². The lowest BCUT2D eigenvalue weighted by molar-refractivity contribution is 1.62. The molecule has 0 spiro atoms. The van der Waals surface area contributed by atoms with E-state index in [4.69, 9.17) is 0 Å². The summed E-state index contributed by atoms with van der Waals surface area (Å²) in [6.07, 6.45) is 5.54. The summed E-state index contributed by atoms with van der Waals surface area (Å²) in [5.74, 6) is 0. The molecule has 0 saturated carbocycles. The molecule has 1 aromatic carbocycles. The second-order valence-corrected chi connectivity index (χ2v) is 2.43. The highest BCUT2D eigenvalue weighted by molar-refractivity contribution is 5.74. The quantitative estimate of drug-likeness (QED) is 0.549. The maximum Gasteiger partial charge on any atom is -0.0184 e. The van der Waals surface area contributed by atoms with Crippen molar-refractivity contribution in [3.05, 3.63) is 67.3 Å². The predicted molar refractivity (Wildman–Crippen MR) is 81.7 cm³/mol. The molecule has 92 valence electrons. The van der Waals surface area contributed by atoms with Gasteiger partial charge in [0.2, 0.25) is 0 Å². The summed E-state index contributed by atoms with van der Waals surface area (Å²) >= 11 is 0. The Kier molecular flexibility index (Phi) is 20.1. The molecule has 16 heavy (non-hydrogen) atoms. The van der Waals surface area contributed by atoms with Gasteiger partial charge in [0.05, 0.1) is 0 Å². The average molecular weight is 220 g/mol. The fourth-order valence-electron chi connectivity index (χ4n) is 1.04. The second-order valence-electron chi connectivity index (χ2n) is 2.43. The Morgan fingerprint density at radius 2 is 1.38 bits per heavy atom. The Hall–Kier alpha value is -1.56. The lowest BCUT2D eigenvalue weighted by atomic mass is 10.1. The van der Waals surface area contributed by atoms with Crippen LogP contribution in [0.25, 0.3) is 5.57 Å². The topological polar surface area (TPSA) is 0 Å². The maximum atomic E-state index is 3.74. The third kappa shape index (κ3) is 6.83. The van der Waals surface area contributed by atoms with Gasteiger partial charge in [0.1, 0.15) is 0 Å². The SMILES string of the molecule is C.C.C.C.C=C/C=C(\C=C)c1ccccc1. The highest BCUT2D eigenvalue weighted by Gasteiger charge is 1.92. The summed E-state index contributed by atoms with van der Waals surface area (Å²) in [7, 11) is 0. The van der Waals surface area contributed by atoms with Crippen molar-refractivity contribution in [2.75, 3.05) is 0 Å². The fourth-order valence-corrected chi connectivity index (χ4v) is 1.04. The Morgan fingerprint density at radius 1 is 0.875 bits per heavy atom. The van der Waals surface area contributed by atoms with E-state index >= 15 is 0 Å². The van der Waals surface area contributed by atoms with E-state index in [1.807, 2.05) is 30.4 Å². The van der Waals surface area contributed by atoms with Gasteiger partial charge in [-0.1, -0.05) is 91.4 Å². The zero-order chi connectivity index (χ0) is 8.81. The van der Waals surface area contributed by atoms with Crippen molar-refractivity contribution < 1.29 is 0 Å². The molecule has 0 unspecified atom stereocenters. The van der Waals surface area contributed by atoms with E-state index in [1.165, 1.54) is 5.56 Å². The molecule has 0 nitrogen and oxygen atoms in total. The van der Waals surface area contributed by atoms with Crippen molar-refractivity contribution in [1.29, 1.82) is 0 Å². The highest BCUT2D eigenvalue weighted by Crippen LogP contribution is 2.14. The van der Waals surface area contributed by atoms with Crippen LogP contribution in [0.2, 0.25) is 0 Å². The van der Waals surface area contributed by atoms with Crippen LogP contribution < -0.4 is 0 Å². The van der Waals surface area contributed by atoms with Crippen LogP contribution >= 0.6 is 0 Å². The molecule has 0 N–H and O–H groups in total. The summed E-state index contributed by atoms with van der Waals surface area (Å²) in [5, 5.41) is 0. The number of allylic oxidation sites excluding steroid dienone is 4. The van der Waals surface area contributed by atoms with Crippen LogP contribution in [-0.2, 0) is 0 Å². The van der Waals surface area contributed by atoms with E-state index < -0.39 is 0 Å².